The van der Waals surface area contributed by atoms with Gasteiger partial charge in [-0.3, -0.25) is 4.79 Å². The molecule has 82 valence electrons. The van der Waals surface area contributed by atoms with Crippen molar-refractivity contribution < 1.29 is 9.18 Å². The molecule has 0 aliphatic rings. The van der Waals surface area contributed by atoms with Crippen LogP contribution in [0.25, 0.3) is 0 Å². The van der Waals surface area contributed by atoms with E-state index in [1.54, 1.807) is 12.1 Å². The van der Waals surface area contributed by atoms with Crippen LogP contribution in [0.4, 0.5) is 10.1 Å². The first-order valence-electron chi connectivity index (χ1n) is 4.74. The fourth-order valence-corrected chi connectivity index (χ4v) is 1.67. The Labute approximate surface area is 102 Å². The summed E-state index contributed by atoms with van der Waals surface area (Å²) in [7, 11) is 0. The fourth-order valence-electron chi connectivity index (χ4n) is 1.17. The van der Waals surface area contributed by atoms with Crippen molar-refractivity contribution in [2.24, 2.45) is 5.92 Å². The van der Waals surface area contributed by atoms with Crippen LogP contribution in [-0.4, -0.2) is 5.91 Å². The molecular formula is C11H13FINO. The third-order valence-electron chi connectivity index (χ3n) is 1.82. The van der Waals surface area contributed by atoms with Gasteiger partial charge in [-0.15, -0.1) is 0 Å². The summed E-state index contributed by atoms with van der Waals surface area (Å²) < 4.78 is 13.6. The molecule has 0 bridgehead atoms. The second kappa shape index (κ2) is 5.44. The standard InChI is InChI=1S/C11H13FINO/c1-7(2)6-10(15)14-9-5-3-4-8(12)11(9)13/h3-5,7H,6H2,1-2H3,(H,14,15). The predicted molar refractivity (Wildman–Crippen MR) is 67.2 cm³/mol. The highest BCUT2D eigenvalue weighted by Gasteiger charge is 2.09. The van der Waals surface area contributed by atoms with Crippen LogP contribution < -0.4 is 5.32 Å². The molecule has 1 rings (SSSR count). The molecule has 1 amide bonds. The second-order valence-corrected chi connectivity index (χ2v) is 4.83. The molecule has 0 spiro atoms. The van der Waals surface area contributed by atoms with E-state index >= 15 is 0 Å². The molecule has 1 N–H and O–H groups in total. The minimum Gasteiger partial charge on any atom is -0.325 e. The molecule has 4 heteroatoms. The number of hydrogen-bond donors (Lipinski definition) is 1. The van der Waals surface area contributed by atoms with Crippen LogP contribution in [0.5, 0.6) is 0 Å². The number of hydrogen-bond acceptors (Lipinski definition) is 1. The van der Waals surface area contributed by atoms with Crippen molar-refractivity contribution >= 4 is 34.2 Å². The van der Waals surface area contributed by atoms with Gasteiger partial charge in [0.05, 0.1) is 9.26 Å². The van der Waals surface area contributed by atoms with Crippen molar-refractivity contribution in [2.75, 3.05) is 5.32 Å². The number of carbonyl (C=O) groups excluding carboxylic acids is 1. The summed E-state index contributed by atoms with van der Waals surface area (Å²) in [4.78, 5) is 11.4. The Morgan fingerprint density at radius 3 is 2.80 bits per heavy atom. The van der Waals surface area contributed by atoms with Crippen LogP contribution in [0.15, 0.2) is 18.2 Å². The number of carbonyl (C=O) groups is 1. The largest absolute Gasteiger partial charge is 0.325 e. The Morgan fingerprint density at radius 2 is 2.20 bits per heavy atom. The lowest BCUT2D eigenvalue weighted by Gasteiger charge is -2.09. The molecule has 0 unspecified atom stereocenters. The van der Waals surface area contributed by atoms with Gasteiger partial charge in [0.15, 0.2) is 0 Å². The van der Waals surface area contributed by atoms with E-state index in [1.807, 2.05) is 36.4 Å². The minimum absolute atomic E-state index is 0.0754. The Balaban J connectivity index is 2.73. The van der Waals surface area contributed by atoms with E-state index in [1.165, 1.54) is 6.07 Å². The highest BCUT2D eigenvalue weighted by molar-refractivity contribution is 14.1. The number of amides is 1. The lowest BCUT2D eigenvalue weighted by molar-refractivity contribution is -0.116. The molecule has 15 heavy (non-hydrogen) atoms. The quantitative estimate of drug-likeness (QED) is 0.849. The highest BCUT2D eigenvalue weighted by atomic mass is 127. The van der Waals surface area contributed by atoms with E-state index in [2.05, 4.69) is 5.32 Å². The van der Waals surface area contributed by atoms with Crippen LogP contribution in [-0.2, 0) is 4.79 Å². The molecule has 0 aromatic heterocycles. The fraction of sp³-hybridized carbons (Fsp3) is 0.364. The summed E-state index contributed by atoms with van der Waals surface area (Å²) in [5.74, 6) is -0.0808. The van der Waals surface area contributed by atoms with Gasteiger partial charge in [0, 0.05) is 6.42 Å². The molecule has 2 nitrogen and oxygen atoms in total. The van der Waals surface area contributed by atoms with Crippen LogP contribution in [0.3, 0.4) is 0 Å². The molecule has 0 fully saturated rings. The molecule has 0 radical (unpaired) electrons. The van der Waals surface area contributed by atoms with Gasteiger partial charge in [-0.1, -0.05) is 19.9 Å². The number of nitrogens with one attached hydrogen (secondary N) is 1. The smallest absolute Gasteiger partial charge is 0.224 e. The summed E-state index contributed by atoms with van der Waals surface area (Å²) in [5.41, 5.74) is 0.543. The number of halogens is 2. The Bertz CT molecular complexity index is 366. The van der Waals surface area contributed by atoms with Gasteiger partial charge in [-0.25, -0.2) is 4.39 Å². The van der Waals surface area contributed by atoms with Crippen molar-refractivity contribution in [1.82, 2.24) is 0 Å². The monoisotopic (exact) mass is 321 g/mol. The van der Waals surface area contributed by atoms with E-state index in [-0.39, 0.29) is 11.7 Å². The Kier molecular flexibility index (Phi) is 4.50. The van der Waals surface area contributed by atoms with Crippen LogP contribution in [0.2, 0.25) is 0 Å². The molecule has 0 aliphatic heterocycles. The third-order valence-corrected chi connectivity index (χ3v) is 2.92. The lowest BCUT2D eigenvalue weighted by Crippen LogP contribution is -2.14. The maximum absolute atomic E-state index is 13.1. The zero-order valence-electron chi connectivity index (χ0n) is 8.68. The molecular weight excluding hydrogens is 308 g/mol. The van der Waals surface area contributed by atoms with Crippen molar-refractivity contribution in [1.29, 1.82) is 0 Å². The summed E-state index contributed by atoms with van der Waals surface area (Å²) in [6.45, 7) is 3.94. The topological polar surface area (TPSA) is 29.1 Å². The molecule has 1 aromatic rings. The summed E-state index contributed by atoms with van der Waals surface area (Å²) in [6.07, 6.45) is 0.451. The van der Waals surface area contributed by atoms with E-state index in [9.17, 15) is 9.18 Å². The van der Waals surface area contributed by atoms with E-state index in [0.29, 0.717) is 21.6 Å². The van der Waals surface area contributed by atoms with Gasteiger partial charge in [0.25, 0.3) is 0 Å². The molecule has 1 aromatic carbocycles. The summed E-state index contributed by atoms with van der Waals surface area (Å²) >= 11 is 1.88. The van der Waals surface area contributed by atoms with Crippen LogP contribution in [0, 0.1) is 15.3 Å². The molecule has 0 heterocycles. The van der Waals surface area contributed by atoms with Gasteiger partial charge in [-0.2, -0.15) is 0 Å². The summed E-state index contributed by atoms with van der Waals surface area (Å²) in [6, 6.07) is 4.66. The maximum Gasteiger partial charge on any atom is 0.224 e. The van der Waals surface area contributed by atoms with Gasteiger partial charge in [0.2, 0.25) is 5.91 Å². The van der Waals surface area contributed by atoms with E-state index in [4.69, 9.17) is 0 Å². The SMILES string of the molecule is CC(C)CC(=O)Nc1cccc(F)c1I. The van der Waals surface area contributed by atoms with Crippen LogP contribution >= 0.6 is 22.6 Å². The van der Waals surface area contributed by atoms with E-state index in [0.717, 1.165) is 0 Å². The summed E-state index contributed by atoms with van der Waals surface area (Å²) in [5, 5.41) is 2.70. The Morgan fingerprint density at radius 1 is 1.53 bits per heavy atom. The average Bonchev–Trinajstić information content (AvgIpc) is 2.11. The second-order valence-electron chi connectivity index (χ2n) is 3.75. The maximum atomic E-state index is 13.1. The van der Waals surface area contributed by atoms with Crippen LogP contribution in [0.1, 0.15) is 20.3 Å². The molecule has 0 saturated carbocycles. The average molecular weight is 321 g/mol. The molecule has 0 saturated heterocycles. The zero-order valence-corrected chi connectivity index (χ0v) is 10.8. The number of benzene rings is 1. The molecule has 0 aliphatic carbocycles. The van der Waals surface area contributed by atoms with Gasteiger partial charge >= 0.3 is 0 Å². The first-order chi connectivity index (χ1) is 7.00. The third kappa shape index (κ3) is 3.77. The van der Waals surface area contributed by atoms with Crippen molar-refractivity contribution in [3.05, 3.63) is 27.6 Å². The minimum atomic E-state index is -0.307. The van der Waals surface area contributed by atoms with Gasteiger partial charge < -0.3 is 5.32 Å². The first-order valence-corrected chi connectivity index (χ1v) is 5.82. The lowest BCUT2D eigenvalue weighted by atomic mass is 10.1. The van der Waals surface area contributed by atoms with Crippen molar-refractivity contribution in [3.63, 3.8) is 0 Å². The van der Waals surface area contributed by atoms with Crippen molar-refractivity contribution in [3.8, 4) is 0 Å². The normalized spacial score (nSPS) is 10.5. The van der Waals surface area contributed by atoms with Crippen molar-refractivity contribution in [2.45, 2.75) is 20.3 Å². The number of anilines is 1. The van der Waals surface area contributed by atoms with E-state index < -0.39 is 0 Å². The highest BCUT2D eigenvalue weighted by Crippen LogP contribution is 2.21. The van der Waals surface area contributed by atoms with Gasteiger partial charge in [0.1, 0.15) is 5.82 Å². The molecule has 0 atom stereocenters. The predicted octanol–water partition coefficient (Wildman–Crippen LogP) is 3.41. The van der Waals surface area contributed by atoms with Gasteiger partial charge in [-0.05, 0) is 40.6 Å². The zero-order chi connectivity index (χ0) is 11.4. The Hall–Kier alpha value is -0.650. The number of rotatable bonds is 3. The first kappa shape index (κ1) is 12.4.